The first kappa shape index (κ1) is 21.3. The van der Waals surface area contributed by atoms with E-state index in [9.17, 15) is 9.59 Å². The quantitative estimate of drug-likeness (QED) is 0.349. The Balaban J connectivity index is 1.28. The van der Waals surface area contributed by atoms with Gasteiger partial charge in [-0.15, -0.1) is 0 Å². The lowest BCUT2D eigenvalue weighted by Gasteiger charge is -2.09. The normalized spacial score (nSPS) is 11.1. The summed E-state index contributed by atoms with van der Waals surface area (Å²) in [6.07, 6.45) is 1.28. The number of furan rings is 1. The van der Waals surface area contributed by atoms with E-state index in [1.807, 2.05) is 12.1 Å². The second-order valence-corrected chi connectivity index (χ2v) is 7.62. The molecular weight excluding hydrogens is 462 g/mol. The van der Waals surface area contributed by atoms with Crippen molar-refractivity contribution in [3.8, 4) is 0 Å². The van der Waals surface area contributed by atoms with E-state index in [1.54, 1.807) is 36.4 Å². The van der Waals surface area contributed by atoms with Crippen LogP contribution in [0.5, 0.6) is 0 Å². The Bertz CT molecular complexity index is 1580. The molecule has 11 nitrogen and oxygen atoms in total. The molecule has 0 amide bonds. The lowest BCUT2D eigenvalue weighted by atomic mass is 10.2. The average Bonchev–Trinajstić information content (AvgIpc) is 3.20. The van der Waals surface area contributed by atoms with Crippen molar-refractivity contribution in [3.63, 3.8) is 0 Å². The van der Waals surface area contributed by atoms with Gasteiger partial charge in [-0.2, -0.15) is 15.0 Å². The SMILES string of the molecule is Nc1nc(COC(=O)Cn2cnc3c(oc4ccccc43)c2=O)nc(Nc2ccc(Cl)cc2)n1. The Hall–Kier alpha value is -4.51. The number of esters is 1. The Morgan fingerprint density at radius 3 is 2.74 bits per heavy atom. The zero-order valence-corrected chi connectivity index (χ0v) is 18.2. The third-order valence-electron chi connectivity index (χ3n) is 4.81. The molecule has 34 heavy (non-hydrogen) atoms. The average molecular weight is 478 g/mol. The second-order valence-electron chi connectivity index (χ2n) is 7.18. The van der Waals surface area contributed by atoms with Crippen LogP contribution in [-0.2, 0) is 22.7 Å². The molecule has 3 heterocycles. The molecule has 0 atom stereocenters. The lowest BCUT2D eigenvalue weighted by Crippen LogP contribution is -2.25. The van der Waals surface area contributed by atoms with Crippen molar-refractivity contribution >= 4 is 57.2 Å². The molecule has 0 fully saturated rings. The molecular formula is C22H16ClN7O4. The number of anilines is 3. The first-order valence-electron chi connectivity index (χ1n) is 10.0. The van der Waals surface area contributed by atoms with Gasteiger partial charge in [0, 0.05) is 16.1 Å². The fourth-order valence-electron chi connectivity index (χ4n) is 3.28. The Labute approximate surface area is 196 Å². The van der Waals surface area contributed by atoms with E-state index in [-0.39, 0.29) is 36.5 Å². The molecule has 3 N–H and O–H groups in total. The minimum atomic E-state index is -0.689. The van der Waals surface area contributed by atoms with Crippen LogP contribution in [0.3, 0.4) is 0 Å². The maximum atomic E-state index is 12.7. The highest BCUT2D eigenvalue weighted by atomic mass is 35.5. The number of halogens is 1. The van der Waals surface area contributed by atoms with E-state index in [0.29, 0.717) is 21.8 Å². The number of nitrogens with zero attached hydrogens (tertiary/aromatic N) is 5. The Kier molecular flexibility index (Phi) is 5.52. The smallest absolute Gasteiger partial charge is 0.326 e. The number of ether oxygens (including phenoxy) is 1. The molecule has 5 aromatic rings. The van der Waals surface area contributed by atoms with Gasteiger partial charge in [-0.1, -0.05) is 23.7 Å². The molecule has 2 aromatic carbocycles. The number of nitrogens with two attached hydrogens (primary N) is 1. The predicted molar refractivity (Wildman–Crippen MR) is 125 cm³/mol. The molecule has 0 spiro atoms. The number of carbonyl (C=O) groups excluding carboxylic acids is 1. The second kappa shape index (κ2) is 8.79. The van der Waals surface area contributed by atoms with Gasteiger partial charge in [0.2, 0.25) is 17.5 Å². The first-order chi connectivity index (χ1) is 16.5. The molecule has 0 aliphatic carbocycles. The fourth-order valence-corrected chi connectivity index (χ4v) is 3.40. The fraction of sp³-hybridized carbons (Fsp3) is 0.0909. The molecule has 0 saturated heterocycles. The number of hydrogen-bond acceptors (Lipinski definition) is 10. The first-order valence-corrected chi connectivity index (χ1v) is 10.4. The van der Waals surface area contributed by atoms with Gasteiger partial charge in [0.15, 0.2) is 12.4 Å². The van der Waals surface area contributed by atoms with Gasteiger partial charge < -0.3 is 20.2 Å². The van der Waals surface area contributed by atoms with Crippen LogP contribution < -0.4 is 16.6 Å². The highest BCUT2D eigenvalue weighted by molar-refractivity contribution is 6.30. The summed E-state index contributed by atoms with van der Waals surface area (Å²) in [6.45, 7) is -0.634. The van der Waals surface area contributed by atoms with Crippen molar-refractivity contribution in [1.29, 1.82) is 0 Å². The standard InChI is InChI=1S/C22H16ClN7O4/c23-12-5-7-13(8-6-12)26-22-28-16(27-21(24)29-22)10-33-17(31)9-30-11-25-18-14-3-1-2-4-15(14)34-19(18)20(30)32/h1-8,11H,9-10H2,(H3,24,26,27,28,29). The van der Waals surface area contributed by atoms with Crippen molar-refractivity contribution < 1.29 is 13.9 Å². The lowest BCUT2D eigenvalue weighted by molar-refractivity contribution is -0.146. The van der Waals surface area contributed by atoms with E-state index in [2.05, 4.69) is 25.3 Å². The van der Waals surface area contributed by atoms with Crippen molar-refractivity contribution in [2.45, 2.75) is 13.2 Å². The number of aromatic nitrogens is 5. The molecule has 0 saturated carbocycles. The number of nitrogen functional groups attached to an aromatic ring is 1. The van der Waals surface area contributed by atoms with Gasteiger partial charge >= 0.3 is 5.97 Å². The topological polar surface area (TPSA) is 151 Å². The summed E-state index contributed by atoms with van der Waals surface area (Å²) in [5.74, 6) is -0.425. The van der Waals surface area contributed by atoms with Gasteiger partial charge in [-0.05, 0) is 36.4 Å². The summed E-state index contributed by atoms with van der Waals surface area (Å²) in [6, 6.07) is 14.1. The molecule has 0 radical (unpaired) electrons. The van der Waals surface area contributed by atoms with Gasteiger partial charge in [0.25, 0.3) is 5.56 Å². The predicted octanol–water partition coefficient (Wildman–Crippen LogP) is 3.05. The van der Waals surface area contributed by atoms with Crippen LogP contribution in [0.25, 0.3) is 22.1 Å². The summed E-state index contributed by atoms with van der Waals surface area (Å²) in [7, 11) is 0. The molecule has 3 aromatic heterocycles. The van der Waals surface area contributed by atoms with E-state index >= 15 is 0 Å². The summed E-state index contributed by atoms with van der Waals surface area (Å²) < 4.78 is 12.0. The monoisotopic (exact) mass is 477 g/mol. The summed E-state index contributed by atoms with van der Waals surface area (Å²) >= 11 is 5.88. The van der Waals surface area contributed by atoms with Crippen LogP contribution in [0.4, 0.5) is 17.6 Å². The van der Waals surface area contributed by atoms with Crippen molar-refractivity contribution in [2.24, 2.45) is 0 Å². The highest BCUT2D eigenvalue weighted by Gasteiger charge is 2.15. The third-order valence-corrected chi connectivity index (χ3v) is 5.06. The van der Waals surface area contributed by atoms with Crippen LogP contribution in [-0.4, -0.2) is 30.5 Å². The van der Waals surface area contributed by atoms with Crippen LogP contribution in [0, 0.1) is 0 Å². The maximum Gasteiger partial charge on any atom is 0.326 e. The zero-order chi connectivity index (χ0) is 23.7. The van der Waals surface area contributed by atoms with Gasteiger partial charge in [0.1, 0.15) is 17.6 Å². The van der Waals surface area contributed by atoms with Crippen LogP contribution >= 0.6 is 11.6 Å². The molecule has 5 rings (SSSR count). The zero-order valence-electron chi connectivity index (χ0n) is 17.4. The van der Waals surface area contributed by atoms with Gasteiger partial charge in [-0.25, -0.2) is 4.98 Å². The van der Waals surface area contributed by atoms with E-state index in [0.717, 1.165) is 9.95 Å². The number of fused-ring (bicyclic) bond motifs is 3. The third kappa shape index (κ3) is 4.36. The van der Waals surface area contributed by atoms with Crippen LogP contribution in [0.2, 0.25) is 5.02 Å². The Morgan fingerprint density at radius 2 is 1.91 bits per heavy atom. The molecule has 0 aliphatic rings. The summed E-state index contributed by atoms with van der Waals surface area (Å²) in [5.41, 5.74) is 6.99. The van der Waals surface area contributed by atoms with E-state index < -0.39 is 11.5 Å². The van der Waals surface area contributed by atoms with Crippen LogP contribution in [0.1, 0.15) is 5.82 Å². The molecule has 0 bridgehead atoms. The van der Waals surface area contributed by atoms with E-state index in [1.165, 1.54) is 6.33 Å². The van der Waals surface area contributed by atoms with Crippen molar-refractivity contribution in [3.05, 3.63) is 76.1 Å². The highest BCUT2D eigenvalue weighted by Crippen LogP contribution is 2.24. The minimum absolute atomic E-state index is 0.0479. The number of carbonyl (C=O) groups is 1. The van der Waals surface area contributed by atoms with Gasteiger partial charge in [0.05, 0.1) is 6.33 Å². The summed E-state index contributed by atoms with van der Waals surface area (Å²) in [5, 5.41) is 4.28. The minimum Gasteiger partial charge on any atom is -0.456 e. The van der Waals surface area contributed by atoms with Crippen LogP contribution in [0.15, 0.2) is 64.1 Å². The van der Waals surface area contributed by atoms with E-state index in [4.69, 9.17) is 26.5 Å². The molecule has 0 unspecified atom stereocenters. The number of para-hydroxylation sites is 1. The number of benzene rings is 2. The molecule has 12 heteroatoms. The number of hydrogen-bond donors (Lipinski definition) is 2. The largest absolute Gasteiger partial charge is 0.456 e. The maximum absolute atomic E-state index is 12.7. The van der Waals surface area contributed by atoms with Crippen molar-refractivity contribution in [1.82, 2.24) is 24.5 Å². The van der Waals surface area contributed by atoms with Crippen molar-refractivity contribution in [2.75, 3.05) is 11.1 Å². The molecule has 0 aliphatic heterocycles. The number of rotatable bonds is 6. The summed E-state index contributed by atoms with van der Waals surface area (Å²) in [4.78, 5) is 41.6. The van der Waals surface area contributed by atoms with Gasteiger partial charge in [-0.3, -0.25) is 14.2 Å². The molecule has 170 valence electrons. The Morgan fingerprint density at radius 1 is 1.12 bits per heavy atom. The number of nitrogens with one attached hydrogen (secondary N) is 1.